The first-order chi connectivity index (χ1) is 7.87. The molecule has 1 amide bonds. The van der Waals surface area contributed by atoms with Gasteiger partial charge in [-0.25, -0.2) is 0 Å². The lowest BCUT2D eigenvalue weighted by atomic mass is 10.1. The summed E-state index contributed by atoms with van der Waals surface area (Å²) in [4.78, 5) is 11.3. The molecule has 0 aliphatic carbocycles. The van der Waals surface area contributed by atoms with E-state index >= 15 is 0 Å². The van der Waals surface area contributed by atoms with Crippen LogP contribution in [0.1, 0.15) is 26.2 Å². The SMILES string of the molecule is CCCCC(N)C(=O)NCCOCC(F)(F)F. The van der Waals surface area contributed by atoms with E-state index in [-0.39, 0.29) is 19.1 Å². The summed E-state index contributed by atoms with van der Waals surface area (Å²) < 4.78 is 39.4. The molecule has 0 aliphatic rings. The highest BCUT2D eigenvalue weighted by atomic mass is 19.4. The van der Waals surface area contributed by atoms with Crippen LogP contribution in [-0.2, 0) is 9.53 Å². The Hall–Kier alpha value is -0.820. The first-order valence-corrected chi connectivity index (χ1v) is 5.54. The molecule has 0 aromatic carbocycles. The second-order valence-corrected chi connectivity index (χ2v) is 3.71. The number of carbonyl (C=O) groups excluding carboxylic acids is 1. The molecular formula is C10H19F3N2O2. The Balaban J connectivity index is 3.51. The third kappa shape index (κ3) is 10.1. The van der Waals surface area contributed by atoms with E-state index in [1.165, 1.54) is 0 Å². The fraction of sp³-hybridized carbons (Fsp3) is 0.900. The molecular weight excluding hydrogens is 237 g/mol. The molecule has 0 bridgehead atoms. The van der Waals surface area contributed by atoms with Crippen molar-refractivity contribution in [3.8, 4) is 0 Å². The molecule has 0 heterocycles. The standard InChI is InChI=1S/C10H19F3N2O2/c1-2-3-4-8(14)9(16)15-5-6-17-7-10(11,12)13/h8H,2-7,14H2,1H3,(H,15,16). The van der Waals surface area contributed by atoms with Gasteiger partial charge in [0.2, 0.25) is 5.91 Å². The van der Waals surface area contributed by atoms with Crippen LogP contribution in [0, 0.1) is 0 Å². The summed E-state index contributed by atoms with van der Waals surface area (Å²) in [6.07, 6.45) is -1.97. The lowest BCUT2D eigenvalue weighted by Gasteiger charge is -2.12. The van der Waals surface area contributed by atoms with Gasteiger partial charge >= 0.3 is 6.18 Å². The zero-order chi connectivity index (χ0) is 13.3. The molecule has 1 atom stereocenters. The fourth-order valence-corrected chi connectivity index (χ4v) is 1.12. The highest BCUT2D eigenvalue weighted by Gasteiger charge is 2.27. The van der Waals surface area contributed by atoms with E-state index in [1.54, 1.807) is 0 Å². The number of unbranched alkanes of at least 4 members (excludes halogenated alkanes) is 1. The molecule has 4 nitrogen and oxygen atoms in total. The van der Waals surface area contributed by atoms with Crippen LogP contribution in [0.3, 0.4) is 0 Å². The van der Waals surface area contributed by atoms with Crippen molar-refractivity contribution < 1.29 is 22.7 Å². The van der Waals surface area contributed by atoms with Crippen LogP contribution in [0.4, 0.5) is 13.2 Å². The van der Waals surface area contributed by atoms with Crippen LogP contribution in [0.5, 0.6) is 0 Å². The normalized spacial score (nSPS) is 13.5. The zero-order valence-electron chi connectivity index (χ0n) is 9.85. The Labute approximate surface area is 98.7 Å². The molecule has 0 radical (unpaired) electrons. The first-order valence-electron chi connectivity index (χ1n) is 5.54. The number of alkyl halides is 3. The molecule has 0 aromatic heterocycles. The summed E-state index contributed by atoms with van der Waals surface area (Å²) >= 11 is 0. The van der Waals surface area contributed by atoms with Crippen molar-refractivity contribution in [2.75, 3.05) is 19.8 Å². The quantitative estimate of drug-likeness (QED) is 0.641. The van der Waals surface area contributed by atoms with Crippen LogP contribution >= 0.6 is 0 Å². The molecule has 7 heteroatoms. The number of nitrogens with two attached hydrogens (primary N) is 1. The van der Waals surface area contributed by atoms with Gasteiger partial charge in [-0.3, -0.25) is 4.79 Å². The minimum Gasteiger partial charge on any atom is -0.370 e. The molecule has 0 saturated heterocycles. The van der Waals surface area contributed by atoms with E-state index < -0.39 is 18.8 Å². The summed E-state index contributed by atoms with van der Waals surface area (Å²) in [5.41, 5.74) is 5.55. The summed E-state index contributed by atoms with van der Waals surface area (Å²) in [6.45, 7) is 0.543. The predicted octanol–water partition coefficient (Wildman–Crippen LogP) is 1.20. The van der Waals surface area contributed by atoms with Crippen molar-refractivity contribution in [3.05, 3.63) is 0 Å². The topological polar surface area (TPSA) is 64.4 Å². The lowest BCUT2D eigenvalue weighted by molar-refractivity contribution is -0.173. The second kappa shape index (κ2) is 8.30. The predicted molar refractivity (Wildman–Crippen MR) is 57.4 cm³/mol. The maximum Gasteiger partial charge on any atom is 0.411 e. The van der Waals surface area contributed by atoms with Gasteiger partial charge in [-0.2, -0.15) is 13.2 Å². The summed E-state index contributed by atoms with van der Waals surface area (Å²) in [5, 5.41) is 2.42. The van der Waals surface area contributed by atoms with Gasteiger partial charge in [0.15, 0.2) is 0 Å². The van der Waals surface area contributed by atoms with E-state index in [4.69, 9.17) is 5.73 Å². The maximum atomic E-state index is 11.7. The minimum atomic E-state index is -4.33. The van der Waals surface area contributed by atoms with Gasteiger partial charge < -0.3 is 15.8 Å². The smallest absolute Gasteiger partial charge is 0.370 e. The van der Waals surface area contributed by atoms with Crippen molar-refractivity contribution in [1.82, 2.24) is 5.32 Å². The van der Waals surface area contributed by atoms with Gasteiger partial charge in [0.05, 0.1) is 12.6 Å². The number of hydrogen-bond acceptors (Lipinski definition) is 3. The van der Waals surface area contributed by atoms with Crippen LogP contribution < -0.4 is 11.1 Å². The molecule has 0 rings (SSSR count). The minimum absolute atomic E-state index is 0.0364. The van der Waals surface area contributed by atoms with Crippen LogP contribution in [0.15, 0.2) is 0 Å². The monoisotopic (exact) mass is 256 g/mol. The molecule has 0 fully saturated rings. The van der Waals surface area contributed by atoms with E-state index in [0.29, 0.717) is 6.42 Å². The Morgan fingerprint density at radius 1 is 1.47 bits per heavy atom. The Morgan fingerprint density at radius 2 is 2.12 bits per heavy atom. The van der Waals surface area contributed by atoms with Crippen molar-refractivity contribution >= 4 is 5.91 Å². The molecule has 17 heavy (non-hydrogen) atoms. The van der Waals surface area contributed by atoms with Crippen molar-refractivity contribution in [2.24, 2.45) is 5.73 Å². The van der Waals surface area contributed by atoms with Gasteiger partial charge in [0.25, 0.3) is 0 Å². The van der Waals surface area contributed by atoms with Gasteiger partial charge in [-0.15, -0.1) is 0 Å². The maximum absolute atomic E-state index is 11.7. The summed E-state index contributed by atoms with van der Waals surface area (Å²) in [5.74, 6) is -0.353. The number of rotatable bonds is 8. The van der Waals surface area contributed by atoms with E-state index in [1.807, 2.05) is 6.92 Å². The Morgan fingerprint density at radius 3 is 2.65 bits per heavy atom. The van der Waals surface area contributed by atoms with Crippen LogP contribution in [-0.4, -0.2) is 37.9 Å². The van der Waals surface area contributed by atoms with Gasteiger partial charge in [0, 0.05) is 6.54 Å². The number of nitrogens with one attached hydrogen (secondary N) is 1. The highest BCUT2D eigenvalue weighted by Crippen LogP contribution is 2.13. The molecule has 102 valence electrons. The number of amides is 1. The van der Waals surface area contributed by atoms with E-state index in [9.17, 15) is 18.0 Å². The number of carbonyl (C=O) groups is 1. The molecule has 1 unspecified atom stereocenters. The second-order valence-electron chi connectivity index (χ2n) is 3.71. The fourth-order valence-electron chi connectivity index (χ4n) is 1.12. The molecule has 0 aliphatic heterocycles. The van der Waals surface area contributed by atoms with Crippen molar-refractivity contribution in [1.29, 1.82) is 0 Å². The Kier molecular flexibility index (Phi) is 7.90. The first kappa shape index (κ1) is 16.2. The molecule has 3 N–H and O–H groups in total. The third-order valence-corrected chi connectivity index (χ3v) is 2.02. The van der Waals surface area contributed by atoms with Crippen LogP contribution in [0.25, 0.3) is 0 Å². The van der Waals surface area contributed by atoms with Crippen LogP contribution in [0.2, 0.25) is 0 Å². The third-order valence-electron chi connectivity index (χ3n) is 2.02. The van der Waals surface area contributed by atoms with Crippen molar-refractivity contribution in [3.63, 3.8) is 0 Å². The zero-order valence-corrected chi connectivity index (χ0v) is 9.85. The number of halogens is 3. The highest BCUT2D eigenvalue weighted by molar-refractivity contribution is 5.81. The Bertz CT molecular complexity index is 222. The molecule has 0 aromatic rings. The van der Waals surface area contributed by atoms with E-state index in [2.05, 4.69) is 10.1 Å². The number of ether oxygens (including phenoxy) is 1. The number of hydrogen-bond donors (Lipinski definition) is 2. The summed E-state index contributed by atoms with van der Waals surface area (Å²) in [7, 11) is 0. The van der Waals surface area contributed by atoms with Gasteiger partial charge in [-0.1, -0.05) is 19.8 Å². The lowest BCUT2D eigenvalue weighted by Crippen LogP contribution is -2.41. The van der Waals surface area contributed by atoms with Crippen molar-refractivity contribution in [2.45, 2.75) is 38.4 Å². The summed E-state index contributed by atoms with van der Waals surface area (Å²) in [6, 6.07) is -0.599. The van der Waals surface area contributed by atoms with E-state index in [0.717, 1.165) is 12.8 Å². The molecule has 0 saturated carbocycles. The average molecular weight is 256 g/mol. The average Bonchev–Trinajstić information content (AvgIpc) is 2.23. The molecule has 0 spiro atoms. The van der Waals surface area contributed by atoms with Gasteiger partial charge in [-0.05, 0) is 6.42 Å². The largest absolute Gasteiger partial charge is 0.411 e. The van der Waals surface area contributed by atoms with Gasteiger partial charge in [0.1, 0.15) is 6.61 Å².